The maximum Gasteiger partial charge on any atom is 0.300 e. The number of rotatable bonds is 1. The number of nitrogens with one attached hydrogen (secondary N) is 1. The van der Waals surface area contributed by atoms with Crippen molar-refractivity contribution in [3.63, 3.8) is 0 Å². The number of allylic oxidation sites excluding steroid dienone is 2. The van der Waals surface area contributed by atoms with E-state index in [2.05, 4.69) is 11.5 Å². The molecule has 0 radical (unpaired) electrons. The van der Waals surface area contributed by atoms with Gasteiger partial charge < -0.3 is 10.5 Å². The SMILES string of the molecule is C1=C(C2=NNCCCCCCCC2)CCCCCCCCC1.CC(=O)O. The molecular formula is C22H40N2O2. The van der Waals surface area contributed by atoms with Crippen molar-refractivity contribution in [2.24, 2.45) is 5.10 Å². The van der Waals surface area contributed by atoms with Gasteiger partial charge in [-0.05, 0) is 50.5 Å². The molecule has 0 saturated carbocycles. The highest BCUT2D eigenvalue weighted by Crippen LogP contribution is 2.20. The summed E-state index contributed by atoms with van der Waals surface area (Å²) in [4.78, 5) is 9.00. The van der Waals surface area contributed by atoms with E-state index in [0.717, 1.165) is 13.5 Å². The van der Waals surface area contributed by atoms with Gasteiger partial charge in [0, 0.05) is 13.5 Å². The average molecular weight is 365 g/mol. The van der Waals surface area contributed by atoms with Crippen LogP contribution in [0.25, 0.3) is 0 Å². The topological polar surface area (TPSA) is 61.7 Å². The molecule has 0 fully saturated rings. The molecule has 1 aliphatic heterocycles. The molecule has 0 saturated heterocycles. The third kappa shape index (κ3) is 13.0. The van der Waals surface area contributed by atoms with Crippen LogP contribution in [0.3, 0.4) is 0 Å². The quantitative estimate of drug-likeness (QED) is 0.580. The predicted molar refractivity (Wildman–Crippen MR) is 111 cm³/mol. The van der Waals surface area contributed by atoms with Gasteiger partial charge in [-0.1, -0.05) is 63.9 Å². The van der Waals surface area contributed by atoms with Gasteiger partial charge in [-0.15, -0.1) is 0 Å². The van der Waals surface area contributed by atoms with Crippen molar-refractivity contribution < 1.29 is 9.90 Å². The molecule has 0 aromatic heterocycles. The van der Waals surface area contributed by atoms with Gasteiger partial charge in [0.25, 0.3) is 5.97 Å². The Morgan fingerprint density at radius 1 is 0.846 bits per heavy atom. The van der Waals surface area contributed by atoms with Crippen molar-refractivity contribution in [3.05, 3.63) is 11.6 Å². The lowest BCUT2D eigenvalue weighted by molar-refractivity contribution is -0.134. The third-order valence-electron chi connectivity index (χ3n) is 5.08. The van der Waals surface area contributed by atoms with Crippen LogP contribution in [0, 0.1) is 0 Å². The van der Waals surface area contributed by atoms with Gasteiger partial charge in [0.05, 0.1) is 5.71 Å². The fourth-order valence-electron chi connectivity index (χ4n) is 3.63. The summed E-state index contributed by atoms with van der Waals surface area (Å²) >= 11 is 0. The Morgan fingerprint density at radius 2 is 1.35 bits per heavy atom. The zero-order chi connectivity index (χ0) is 18.9. The van der Waals surface area contributed by atoms with Crippen molar-refractivity contribution in [1.29, 1.82) is 0 Å². The molecular weight excluding hydrogens is 324 g/mol. The Balaban J connectivity index is 0.000000765. The van der Waals surface area contributed by atoms with Crippen molar-refractivity contribution in [2.75, 3.05) is 6.54 Å². The molecule has 2 aliphatic rings. The Bertz CT molecular complexity index is 392. The molecule has 1 heterocycles. The summed E-state index contributed by atoms with van der Waals surface area (Å²) in [6.45, 7) is 2.14. The third-order valence-corrected chi connectivity index (χ3v) is 5.08. The second kappa shape index (κ2) is 15.9. The van der Waals surface area contributed by atoms with Crippen molar-refractivity contribution in [1.82, 2.24) is 5.43 Å². The smallest absolute Gasteiger partial charge is 0.300 e. The van der Waals surface area contributed by atoms with Crippen LogP contribution in [-0.2, 0) is 4.79 Å². The molecule has 0 spiro atoms. The molecule has 26 heavy (non-hydrogen) atoms. The minimum atomic E-state index is -0.833. The lowest BCUT2D eigenvalue weighted by Gasteiger charge is -2.12. The number of carbonyl (C=O) groups is 1. The normalized spacial score (nSPS) is 21.3. The minimum Gasteiger partial charge on any atom is -0.481 e. The molecule has 150 valence electrons. The summed E-state index contributed by atoms with van der Waals surface area (Å²) in [5.74, 6) is -0.833. The predicted octanol–water partition coefficient (Wildman–Crippen LogP) is 6.22. The Labute approximate surface area is 160 Å². The molecule has 2 N–H and O–H groups in total. The van der Waals surface area contributed by atoms with E-state index in [1.807, 2.05) is 0 Å². The zero-order valence-corrected chi connectivity index (χ0v) is 16.9. The highest BCUT2D eigenvalue weighted by molar-refractivity contribution is 5.99. The number of hydrazone groups is 1. The summed E-state index contributed by atoms with van der Waals surface area (Å²) in [5, 5.41) is 12.2. The first kappa shape index (κ1) is 22.7. The van der Waals surface area contributed by atoms with E-state index in [9.17, 15) is 0 Å². The molecule has 4 heteroatoms. The fourth-order valence-corrected chi connectivity index (χ4v) is 3.63. The van der Waals surface area contributed by atoms with Crippen LogP contribution in [0.1, 0.15) is 110 Å². The monoisotopic (exact) mass is 364 g/mol. The van der Waals surface area contributed by atoms with E-state index in [1.165, 1.54) is 108 Å². The van der Waals surface area contributed by atoms with Gasteiger partial charge in [0.2, 0.25) is 0 Å². The van der Waals surface area contributed by atoms with Crippen LogP contribution in [0.15, 0.2) is 16.8 Å². The van der Waals surface area contributed by atoms with Gasteiger partial charge in [-0.2, -0.15) is 5.10 Å². The Hall–Kier alpha value is -1.32. The van der Waals surface area contributed by atoms with Gasteiger partial charge in [-0.3, -0.25) is 4.79 Å². The van der Waals surface area contributed by atoms with Crippen LogP contribution in [0.2, 0.25) is 0 Å². The van der Waals surface area contributed by atoms with E-state index in [4.69, 9.17) is 15.0 Å². The highest BCUT2D eigenvalue weighted by atomic mass is 16.4. The van der Waals surface area contributed by atoms with Crippen LogP contribution < -0.4 is 5.43 Å². The van der Waals surface area contributed by atoms with Crippen molar-refractivity contribution >= 4 is 11.7 Å². The summed E-state index contributed by atoms with van der Waals surface area (Å²) in [5.41, 5.74) is 6.29. The molecule has 0 aromatic rings. The second-order valence-electron chi connectivity index (χ2n) is 7.60. The first-order chi connectivity index (χ1) is 12.7. The van der Waals surface area contributed by atoms with Gasteiger partial charge in [0.15, 0.2) is 0 Å². The van der Waals surface area contributed by atoms with Crippen molar-refractivity contribution in [2.45, 2.75) is 110 Å². The number of carboxylic acid groups (broad SMARTS) is 1. The number of hydrogen-bond donors (Lipinski definition) is 2. The van der Waals surface area contributed by atoms with Gasteiger partial charge in [-0.25, -0.2) is 0 Å². The highest BCUT2D eigenvalue weighted by Gasteiger charge is 2.09. The summed E-state index contributed by atoms with van der Waals surface area (Å²) in [6.07, 6.45) is 24.2. The van der Waals surface area contributed by atoms with E-state index < -0.39 is 5.97 Å². The van der Waals surface area contributed by atoms with Crippen LogP contribution in [0.5, 0.6) is 0 Å². The number of nitrogens with zero attached hydrogens (tertiary/aromatic N) is 1. The first-order valence-electron chi connectivity index (χ1n) is 10.9. The van der Waals surface area contributed by atoms with Gasteiger partial charge >= 0.3 is 0 Å². The maximum absolute atomic E-state index is 9.00. The van der Waals surface area contributed by atoms with Crippen LogP contribution in [0.4, 0.5) is 0 Å². The summed E-state index contributed by atoms with van der Waals surface area (Å²) < 4.78 is 0. The number of carboxylic acids is 1. The maximum atomic E-state index is 9.00. The first-order valence-corrected chi connectivity index (χ1v) is 10.9. The molecule has 4 nitrogen and oxygen atoms in total. The number of aliphatic carboxylic acids is 1. The van der Waals surface area contributed by atoms with E-state index in [0.29, 0.717) is 0 Å². The molecule has 0 aromatic carbocycles. The minimum absolute atomic E-state index is 0.833. The molecule has 0 unspecified atom stereocenters. The van der Waals surface area contributed by atoms with E-state index >= 15 is 0 Å². The molecule has 0 atom stereocenters. The lowest BCUT2D eigenvalue weighted by Crippen LogP contribution is -2.14. The number of hydrogen-bond acceptors (Lipinski definition) is 3. The zero-order valence-electron chi connectivity index (χ0n) is 16.9. The van der Waals surface area contributed by atoms with Crippen LogP contribution in [-0.4, -0.2) is 23.3 Å². The summed E-state index contributed by atoms with van der Waals surface area (Å²) in [6, 6.07) is 0. The summed E-state index contributed by atoms with van der Waals surface area (Å²) in [7, 11) is 0. The average Bonchev–Trinajstić information content (AvgIpc) is 2.70. The standard InChI is InChI=1S/C20H36N2.C2H4O2/c1-2-4-8-12-16-19(15-11-7-3-1)20-17-13-9-5-6-10-14-18-21-22-20;1-2(3)4/h15,21H,1-14,16-18H2;1H3,(H,3,4). The van der Waals surface area contributed by atoms with E-state index in [-0.39, 0.29) is 0 Å². The van der Waals surface area contributed by atoms with Crippen molar-refractivity contribution in [3.8, 4) is 0 Å². The van der Waals surface area contributed by atoms with E-state index in [1.54, 1.807) is 5.57 Å². The largest absolute Gasteiger partial charge is 0.481 e. The second-order valence-corrected chi connectivity index (χ2v) is 7.60. The fraction of sp³-hybridized carbons (Fsp3) is 0.818. The van der Waals surface area contributed by atoms with Gasteiger partial charge in [0.1, 0.15) is 0 Å². The molecule has 0 bridgehead atoms. The molecule has 2 rings (SSSR count). The Morgan fingerprint density at radius 3 is 2.00 bits per heavy atom. The molecule has 1 aliphatic carbocycles. The van der Waals surface area contributed by atoms with Crippen LogP contribution >= 0.6 is 0 Å². The lowest BCUT2D eigenvalue weighted by atomic mass is 9.97. The molecule has 0 amide bonds. The Kier molecular flexibility index (Phi) is 13.9.